The van der Waals surface area contributed by atoms with Gasteiger partial charge in [-0.1, -0.05) is 69.6 Å². The quantitative estimate of drug-likeness (QED) is 0.199. The summed E-state index contributed by atoms with van der Waals surface area (Å²) in [4.78, 5) is 14.6. The molecule has 8 aliphatic rings. The SMILES string of the molecule is CO[C@H]1C[C@H](O[C@H]2[C@H](C)O[C@@H](O[C@@H]3/C(C)=C\C[C@@H]4C[C@@H](C[C@]5(C=C[C@H](C)C(C6CCCCC6)O5)O4)OC(=O)[C@@H]4C=C(C)[C@@H](OC)[C@H]5OCC(=C/C=C\[C@@H]3C)[C@]54O)C[C@@H]2OC)O[C@@H](C)[C@@H]1O. The zero-order chi connectivity index (χ0) is 46.2. The maximum absolute atomic E-state index is 14.6. The van der Waals surface area contributed by atoms with Crippen molar-refractivity contribution < 1.29 is 67.1 Å². The van der Waals surface area contributed by atoms with Gasteiger partial charge in [-0.3, -0.25) is 4.79 Å². The molecule has 6 aliphatic heterocycles. The van der Waals surface area contributed by atoms with E-state index in [2.05, 4.69) is 32.9 Å². The van der Waals surface area contributed by atoms with Crippen LogP contribution in [0, 0.1) is 23.7 Å². The van der Waals surface area contributed by atoms with Crippen molar-refractivity contribution in [2.75, 3.05) is 27.9 Å². The lowest BCUT2D eigenvalue weighted by Crippen LogP contribution is -2.58. The monoisotopic (exact) mass is 913 g/mol. The molecule has 6 heterocycles. The average molecular weight is 913 g/mol. The smallest absolute Gasteiger partial charge is 0.316 e. The molecule has 0 amide bonds. The zero-order valence-electron chi connectivity index (χ0n) is 40.0. The van der Waals surface area contributed by atoms with Crippen LogP contribution in [0.4, 0.5) is 0 Å². The fraction of sp³-hybridized carbons (Fsp3) is 0.784. The summed E-state index contributed by atoms with van der Waals surface area (Å²) in [5.41, 5.74) is 0.659. The molecule has 14 nitrogen and oxygen atoms in total. The number of methoxy groups -OCH3 is 3. The minimum absolute atomic E-state index is 0.0107. The van der Waals surface area contributed by atoms with E-state index in [1.807, 2.05) is 45.1 Å². The van der Waals surface area contributed by atoms with Gasteiger partial charge in [0.05, 0.1) is 49.3 Å². The lowest BCUT2D eigenvalue weighted by atomic mass is 9.70. The van der Waals surface area contributed by atoms with E-state index in [1.165, 1.54) is 19.3 Å². The highest BCUT2D eigenvalue weighted by Gasteiger charge is 2.60. The summed E-state index contributed by atoms with van der Waals surface area (Å²) in [5.74, 6) is -2.11. The predicted molar refractivity (Wildman–Crippen MR) is 239 cm³/mol. The summed E-state index contributed by atoms with van der Waals surface area (Å²) >= 11 is 0. The Morgan fingerprint density at radius 2 is 1.51 bits per heavy atom. The lowest BCUT2D eigenvalue weighted by molar-refractivity contribution is -0.318. The number of carbonyl (C=O) groups is 1. The van der Waals surface area contributed by atoms with Crippen LogP contribution in [-0.4, -0.2) is 141 Å². The van der Waals surface area contributed by atoms with E-state index in [4.69, 9.17) is 52.1 Å². The van der Waals surface area contributed by atoms with Gasteiger partial charge in [0.25, 0.3) is 0 Å². The van der Waals surface area contributed by atoms with Crippen molar-refractivity contribution >= 4 is 5.97 Å². The number of fused-ring (bicyclic) bond motifs is 2. The van der Waals surface area contributed by atoms with Crippen LogP contribution in [0.5, 0.6) is 0 Å². The van der Waals surface area contributed by atoms with Gasteiger partial charge >= 0.3 is 5.97 Å². The molecule has 0 aromatic heterocycles. The van der Waals surface area contributed by atoms with E-state index < -0.39 is 90.8 Å². The van der Waals surface area contributed by atoms with Gasteiger partial charge in [0.2, 0.25) is 0 Å². The second-order valence-corrected chi connectivity index (χ2v) is 20.2. The molecule has 5 fully saturated rings. The molecule has 65 heavy (non-hydrogen) atoms. The number of hydrogen-bond acceptors (Lipinski definition) is 14. The number of hydrogen-bond donors (Lipinski definition) is 2. The third-order valence-corrected chi connectivity index (χ3v) is 15.6. The minimum atomic E-state index is -1.70. The maximum atomic E-state index is 14.6. The van der Waals surface area contributed by atoms with Crippen molar-refractivity contribution in [3.8, 4) is 0 Å². The standard InChI is InChI=1S/C51H76O14/c1-28-14-13-17-35-27-58-48-46(57-9)31(4)22-38(51(35,48)54)49(53)61-37-23-36(64-50(26-37)21-20-30(3)45(65-50)34-15-11-10-12-16-34)19-18-29(2)44(28)62-42-25-40(56-8)47(33(6)60-42)63-41-24-39(55-7)43(52)32(5)59-41/h13-14,17-18,20-22,28,30,32-34,36-48,52,54H,10-12,15-16,19,23-27H2,1-9H3/b14-13-,29-18-,35-17?/t28-,30-,32-,33-,36+,37-,38-,39-,40-,41-,42-,43-,44-,45?,46+,47-,48+,50+,51+/m0/s1. The first-order valence-corrected chi connectivity index (χ1v) is 24.4. The van der Waals surface area contributed by atoms with Crippen LogP contribution in [0.2, 0.25) is 0 Å². The van der Waals surface area contributed by atoms with Crippen LogP contribution < -0.4 is 0 Å². The third kappa shape index (κ3) is 10.2. The summed E-state index contributed by atoms with van der Waals surface area (Å²) < 4.78 is 70.5. The molecule has 1 unspecified atom stereocenters. The number of rotatable bonds is 8. The van der Waals surface area contributed by atoms with Gasteiger partial charge < -0.3 is 62.3 Å². The summed E-state index contributed by atoms with van der Waals surface area (Å²) in [6, 6.07) is 0. The molecule has 2 N–H and O–H groups in total. The van der Waals surface area contributed by atoms with Crippen LogP contribution in [-0.2, 0) is 56.9 Å². The molecule has 1 saturated carbocycles. The van der Waals surface area contributed by atoms with Gasteiger partial charge in [-0.25, -0.2) is 0 Å². The van der Waals surface area contributed by atoms with Crippen molar-refractivity contribution in [1.82, 2.24) is 0 Å². The molecule has 1 spiro atoms. The van der Waals surface area contributed by atoms with E-state index in [1.54, 1.807) is 27.4 Å². The van der Waals surface area contributed by atoms with Gasteiger partial charge in [-0.05, 0) is 75.7 Å². The Hall–Kier alpha value is -2.31. The molecule has 364 valence electrons. The molecule has 14 heteroatoms. The second kappa shape index (κ2) is 20.7. The first-order chi connectivity index (χ1) is 31.2. The Labute approximate surface area is 385 Å². The van der Waals surface area contributed by atoms with Gasteiger partial charge in [-0.15, -0.1) is 0 Å². The molecule has 2 bridgehead atoms. The van der Waals surface area contributed by atoms with Crippen LogP contribution in [0.3, 0.4) is 0 Å². The van der Waals surface area contributed by atoms with E-state index in [9.17, 15) is 15.0 Å². The lowest BCUT2D eigenvalue weighted by Gasteiger charge is -2.49. The van der Waals surface area contributed by atoms with Crippen LogP contribution in [0.25, 0.3) is 0 Å². The van der Waals surface area contributed by atoms with E-state index >= 15 is 0 Å². The number of allylic oxidation sites excluding steroid dienone is 2. The Bertz CT molecular complexity index is 1800. The van der Waals surface area contributed by atoms with Crippen LogP contribution in [0.15, 0.2) is 59.3 Å². The van der Waals surface area contributed by atoms with Gasteiger partial charge in [0, 0.05) is 58.8 Å². The molecule has 0 aromatic rings. The molecule has 19 atom stereocenters. The van der Waals surface area contributed by atoms with Gasteiger partial charge in [0.15, 0.2) is 18.4 Å². The predicted octanol–water partition coefficient (Wildman–Crippen LogP) is 6.57. The molecule has 2 aliphatic carbocycles. The van der Waals surface area contributed by atoms with Gasteiger partial charge in [-0.2, -0.15) is 0 Å². The number of carbonyl (C=O) groups excluding carboxylic acids is 1. The highest BCUT2D eigenvalue weighted by atomic mass is 16.7. The largest absolute Gasteiger partial charge is 0.462 e. The van der Waals surface area contributed by atoms with Crippen molar-refractivity contribution in [2.45, 2.75) is 203 Å². The zero-order valence-corrected chi connectivity index (χ0v) is 40.0. The van der Waals surface area contributed by atoms with Crippen molar-refractivity contribution in [2.24, 2.45) is 23.7 Å². The average Bonchev–Trinajstić information content (AvgIpc) is 3.62. The molecule has 0 radical (unpaired) electrons. The summed E-state index contributed by atoms with van der Waals surface area (Å²) in [7, 11) is 4.84. The van der Waals surface area contributed by atoms with Crippen LogP contribution >= 0.6 is 0 Å². The summed E-state index contributed by atoms with van der Waals surface area (Å²) in [6.45, 7) is 12.2. The highest BCUT2D eigenvalue weighted by Crippen LogP contribution is 2.48. The topological polar surface area (TPSA) is 159 Å². The number of aliphatic hydroxyl groups is 2. The highest BCUT2D eigenvalue weighted by molar-refractivity contribution is 5.78. The fourth-order valence-electron chi connectivity index (χ4n) is 12.0. The maximum Gasteiger partial charge on any atom is 0.316 e. The molecule has 8 rings (SSSR count). The van der Waals surface area contributed by atoms with Crippen LogP contribution in [0.1, 0.15) is 106 Å². The second-order valence-electron chi connectivity index (χ2n) is 20.2. The molecule has 0 aromatic carbocycles. The summed E-state index contributed by atoms with van der Waals surface area (Å²) in [6.07, 6.45) is 15.3. The van der Waals surface area contributed by atoms with E-state index in [-0.39, 0.29) is 36.8 Å². The first kappa shape index (κ1) is 49.1. The Kier molecular flexibility index (Phi) is 15.7. The Balaban J connectivity index is 1.09. The van der Waals surface area contributed by atoms with Crippen molar-refractivity contribution in [1.29, 1.82) is 0 Å². The Morgan fingerprint density at radius 3 is 2.25 bits per heavy atom. The van der Waals surface area contributed by atoms with E-state index in [0.29, 0.717) is 43.6 Å². The number of ether oxygens (including phenoxy) is 11. The van der Waals surface area contributed by atoms with E-state index in [0.717, 1.165) is 24.0 Å². The minimum Gasteiger partial charge on any atom is -0.462 e. The molecule has 4 saturated heterocycles. The van der Waals surface area contributed by atoms with Gasteiger partial charge in [0.1, 0.15) is 42.0 Å². The molecular weight excluding hydrogens is 837 g/mol. The first-order valence-electron chi connectivity index (χ1n) is 24.4. The van der Waals surface area contributed by atoms with Crippen molar-refractivity contribution in [3.63, 3.8) is 0 Å². The van der Waals surface area contributed by atoms with Crippen molar-refractivity contribution in [3.05, 3.63) is 59.3 Å². The normalized spacial score (nSPS) is 47.8. The third-order valence-electron chi connectivity index (χ3n) is 15.6. The molecular formula is C51H76O14. The Morgan fingerprint density at radius 1 is 0.785 bits per heavy atom. The summed E-state index contributed by atoms with van der Waals surface area (Å²) in [5, 5.41) is 23.3. The number of esters is 1. The number of aliphatic hydroxyl groups excluding tert-OH is 1. The fourth-order valence-corrected chi connectivity index (χ4v) is 12.0.